The number of aliphatic carboxylic acids is 1. The fraction of sp³-hybridized carbons (Fsp3) is 0.250. The summed E-state index contributed by atoms with van der Waals surface area (Å²) in [7, 11) is 0. The molecule has 0 heterocycles. The van der Waals surface area contributed by atoms with Gasteiger partial charge in [-0.05, 0) is 6.08 Å². The van der Waals surface area contributed by atoms with Gasteiger partial charge < -0.3 is 16.6 Å². The topological polar surface area (TPSA) is 102 Å². The molecule has 5 nitrogen and oxygen atoms in total. The van der Waals surface area contributed by atoms with Gasteiger partial charge in [0.05, 0.1) is 0 Å². The standard InChI is InChI=1S/C8H11N3O2/c9-7(10)11-8(6(12)13)4-2-1-3-5-8/h1-4H,5H2,(H,12,13)(H4,9,10,11). The minimum atomic E-state index is -1.31. The molecule has 0 aliphatic heterocycles. The summed E-state index contributed by atoms with van der Waals surface area (Å²) in [5, 5.41) is 8.93. The SMILES string of the molecule is NC(N)=NC1(C(=O)O)C=CC=CC1. The van der Waals surface area contributed by atoms with Gasteiger partial charge in [0.25, 0.3) is 0 Å². The number of aliphatic imine (C=N–C) groups is 1. The molecule has 0 bridgehead atoms. The number of hydrogen-bond donors (Lipinski definition) is 3. The van der Waals surface area contributed by atoms with Crippen LogP contribution in [-0.4, -0.2) is 22.6 Å². The number of rotatable bonds is 2. The molecule has 1 atom stereocenters. The number of carboxylic acids is 1. The smallest absolute Gasteiger partial charge is 0.336 e. The zero-order valence-electron chi connectivity index (χ0n) is 6.97. The number of nitrogens with two attached hydrogens (primary N) is 2. The van der Waals surface area contributed by atoms with Crippen LogP contribution >= 0.6 is 0 Å². The molecule has 5 N–H and O–H groups in total. The average molecular weight is 181 g/mol. The molecule has 0 amide bonds. The number of guanidine groups is 1. The van der Waals surface area contributed by atoms with Crippen LogP contribution in [-0.2, 0) is 4.79 Å². The van der Waals surface area contributed by atoms with Gasteiger partial charge in [-0.25, -0.2) is 9.79 Å². The van der Waals surface area contributed by atoms with Crippen molar-refractivity contribution < 1.29 is 9.90 Å². The zero-order valence-corrected chi connectivity index (χ0v) is 6.97. The van der Waals surface area contributed by atoms with Gasteiger partial charge in [-0.2, -0.15) is 0 Å². The van der Waals surface area contributed by atoms with Gasteiger partial charge in [0.2, 0.25) is 0 Å². The fourth-order valence-corrected chi connectivity index (χ4v) is 1.13. The lowest BCUT2D eigenvalue weighted by Gasteiger charge is -2.21. The first kappa shape index (κ1) is 9.31. The molecule has 5 heteroatoms. The Hall–Kier alpha value is -1.78. The minimum absolute atomic E-state index is 0.220. The molecule has 0 spiro atoms. The second-order valence-corrected chi connectivity index (χ2v) is 2.76. The number of nitrogens with zero attached hydrogens (tertiary/aromatic N) is 1. The third kappa shape index (κ3) is 1.87. The van der Waals surface area contributed by atoms with Crippen molar-refractivity contribution in [2.75, 3.05) is 0 Å². The highest BCUT2D eigenvalue weighted by Crippen LogP contribution is 2.22. The van der Waals surface area contributed by atoms with E-state index in [1.54, 1.807) is 18.2 Å². The van der Waals surface area contributed by atoms with Crippen molar-refractivity contribution in [1.82, 2.24) is 0 Å². The number of carboxylic acid groups (broad SMARTS) is 1. The van der Waals surface area contributed by atoms with Gasteiger partial charge in [0.15, 0.2) is 11.5 Å². The number of carbonyl (C=O) groups is 1. The van der Waals surface area contributed by atoms with Crippen molar-refractivity contribution in [2.45, 2.75) is 12.0 Å². The Morgan fingerprint density at radius 3 is 2.54 bits per heavy atom. The summed E-state index contributed by atoms with van der Waals surface area (Å²) in [5.74, 6) is -1.27. The van der Waals surface area contributed by atoms with Crippen molar-refractivity contribution in [2.24, 2.45) is 16.5 Å². The van der Waals surface area contributed by atoms with Gasteiger partial charge >= 0.3 is 5.97 Å². The molecule has 0 radical (unpaired) electrons. The Bertz CT molecular complexity index is 303. The first-order valence-corrected chi connectivity index (χ1v) is 3.75. The summed E-state index contributed by atoms with van der Waals surface area (Å²) in [5.41, 5.74) is 8.99. The van der Waals surface area contributed by atoms with E-state index in [1.807, 2.05) is 0 Å². The fourth-order valence-electron chi connectivity index (χ4n) is 1.13. The summed E-state index contributed by atoms with van der Waals surface area (Å²) in [6.45, 7) is 0. The lowest BCUT2D eigenvalue weighted by Crippen LogP contribution is -2.39. The van der Waals surface area contributed by atoms with E-state index >= 15 is 0 Å². The van der Waals surface area contributed by atoms with Crippen LogP contribution < -0.4 is 11.5 Å². The van der Waals surface area contributed by atoms with Crippen molar-refractivity contribution in [3.63, 3.8) is 0 Å². The van der Waals surface area contributed by atoms with Crippen LogP contribution in [0.3, 0.4) is 0 Å². The first-order chi connectivity index (χ1) is 6.07. The number of allylic oxidation sites excluding steroid dienone is 2. The first-order valence-electron chi connectivity index (χ1n) is 3.75. The summed E-state index contributed by atoms with van der Waals surface area (Å²) in [6.07, 6.45) is 6.82. The average Bonchev–Trinajstić information content (AvgIpc) is 2.04. The molecule has 0 aromatic rings. The summed E-state index contributed by atoms with van der Waals surface area (Å²) >= 11 is 0. The van der Waals surface area contributed by atoms with Gasteiger partial charge in [-0.3, -0.25) is 0 Å². The molecule has 70 valence electrons. The summed E-state index contributed by atoms with van der Waals surface area (Å²) < 4.78 is 0. The second-order valence-electron chi connectivity index (χ2n) is 2.76. The Morgan fingerprint density at radius 2 is 2.15 bits per heavy atom. The van der Waals surface area contributed by atoms with Gasteiger partial charge in [0, 0.05) is 6.42 Å². The van der Waals surface area contributed by atoms with Crippen LogP contribution in [0.5, 0.6) is 0 Å². The van der Waals surface area contributed by atoms with Gasteiger partial charge in [0.1, 0.15) is 0 Å². The third-order valence-corrected chi connectivity index (χ3v) is 1.75. The largest absolute Gasteiger partial charge is 0.479 e. The molecular formula is C8H11N3O2. The van der Waals surface area contributed by atoms with E-state index < -0.39 is 11.5 Å². The van der Waals surface area contributed by atoms with E-state index in [0.29, 0.717) is 0 Å². The van der Waals surface area contributed by atoms with Crippen molar-refractivity contribution in [3.8, 4) is 0 Å². The predicted molar refractivity (Wildman–Crippen MR) is 49.1 cm³/mol. The predicted octanol–water partition coefficient (Wildman–Crippen LogP) is -0.401. The molecule has 1 aliphatic carbocycles. The van der Waals surface area contributed by atoms with Gasteiger partial charge in [-0.1, -0.05) is 18.2 Å². The van der Waals surface area contributed by atoms with E-state index in [9.17, 15) is 4.79 Å². The zero-order chi connectivity index (χ0) is 9.90. The van der Waals surface area contributed by atoms with Crippen LogP contribution in [0.15, 0.2) is 29.3 Å². The van der Waals surface area contributed by atoms with Crippen LogP contribution in [0.1, 0.15) is 6.42 Å². The highest BCUT2D eigenvalue weighted by Gasteiger charge is 2.35. The molecular weight excluding hydrogens is 170 g/mol. The van der Waals surface area contributed by atoms with E-state index in [0.717, 1.165) is 0 Å². The van der Waals surface area contributed by atoms with Gasteiger partial charge in [-0.15, -0.1) is 0 Å². The Balaban J connectivity index is 3.03. The van der Waals surface area contributed by atoms with Crippen LogP contribution in [0, 0.1) is 0 Å². The monoisotopic (exact) mass is 181 g/mol. The molecule has 0 saturated heterocycles. The van der Waals surface area contributed by atoms with Crippen molar-refractivity contribution in [3.05, 3.63) is 24.3 Å². The molecule has 0 saturated carbocycles. The number of hydrogen-bond acceptors (Lipinski definition) is 2. The molecule has 1 unspecified atom stereocenters. The van der Waals surface area contributed by atoms with E-state index in [-0.39, 0.29) is 12.4 Å². The maximum atomic E-state index is 10.9. The highest BCUT2D eigenvalue weighted by atomic mass is 16.4. The van der Waals surface area contributed by atoms with E-state index in [2.05, 4.69) is 4.99 Å². The molecule has 13 heavy (non-hydrogen) atoms. The van der Waals surface area contributed by atoms with Crippen molar-refractivity contribution >= 4 is 11.9 Å². The Kier molecular flexibility index (Phi) is 2.36. The van der Waals surface area contributed by atoms with Crippen LogP contribution in [0.4, 0.5) is 0 Å². The Morgan fingerprint density at radius 1 is 1.46 bits per heavy atom. The van der Waals surface area contributed by atoms with Crippen molar-refractivity contribution in [1.29, 1.82) is 0 Å². The molecule has 0 aromatic carbocycles. The molecule has 1 aliphatic rings. The van der Waals surface area contributed by atoms with Crippen LogP contribution in [0.2, 0.25) is 0 Å². The molecule has 0 fully saturated rings. The molecule has 0 aromatic heterocycles. The lowest BCUT2D eigenvalue weighted by atomic mass is 9.92. The normalized spacial score (nSPS) is 25.5. The maximum Gasteiger partial charge on any atom is 0.336 e. The minimum Gasteiger partial charge on any atom is -0.479 e. The molecule has 1 rings (SSSR count). The third-order valence-electron chi connectivity index (χ3n) is 1.75. The van der Waals surface area contributed by atoms with E-state index in [4.69, 9.17) is 16.6 Å². The Labute approximate surface area is 75.4 Å². The second kappa shape index (κ2) is 3.30. The maximum absolute atomic E-state index is 10.9. The summed E-state index contributed by atoms with van der Waals surface area (Å²) in [4.78, 5) is 14.6. The lowest BCUT2D eigenvalue weighted by molar-refractivity contribution is -0.141. The summed E-state index contributed by atoms with van der Waals surface area (Å²) in [6, 6.07) is 0. The quantitative estimate of drug-likeness (QED) is 0.398. The van der Waals surface area contributed by atoms with E-state index in [1.165, 1.54) is 6.08 Å². The highest BCUT2D eigenvalue weighted by molar-refractivity contribution is 5.87. The van der Waals surface area contributed by atoms with Crippen LogP contribution in [0.25, 0.3) is 0 Å².